The van der Waals surface area contributed by atoms with Crippen molar-refractivity contribution in [1.29, 1.82) is 0 Å². The summed E-state index contributed by atoms with van der Waals surface area (Å²) in [6.07, 6.45) is 1.67. The molecule has 2 aliphatic rings. The van der Waals surface area contributed by atoms with Gasteiger partial charge in [-0.2, -0.15) is 5.10 Å². The van der Waals surface area contributed by atoms with Crippen molar-refractivity contribution in [2.24, 2.45) is 15.2 Å². The van der Waals surface area contributed by atoms with Gasteiger partial charge < -0.3 is 0 Å². The number of hydrogen-bond acceptors (Lipinski definition) is 5. The minimum Gasteiger partial charge on any atom is -0.264 e. The molecular formula is C4H4N4S. The first kappa shape index (κ1) is 5.13. The summed E-state index contributed by atoms with van der Waals surface area (Å²) in [7, 11) is 0. The molecule has 0 bridgehead atoms. The van der Waals surface area contributed by atoms with Crippen LogP contribution in [0.4, 0.5) is 0 Å². The molecule has 0 atom stereocenters. The van der Waals surface area contributed by atoms with Crippen LogP contribution >= 0.6 is 11.9 Å². The van der Waals surface area contributed by atoms with Crippen LogP contribution in [-0.4, -0.2) is 23.6 Å². The first-order valence-electron chi connectivity index (χ1n) is 2.52. The van der Waals surface area contributed by atoms with E-state index in [1.165, 1.54) is 11.9 Å². The van der Waals surface area contributed by atoms with E-state index in [-0.39, 0.29) is 0 Å². The predicted octanol–water partition coefficient (Wildman–Crippen LogP) is 0.0342. The van der Waals surface area contributed by atoms with E-state index in [9.17, 15) is 0 Å². The zero-order valence-electron chi connectivity index (χ0n) is 4.53. The predicted molar refractivity (Wildman–Crippen MR) is 39.0 cm³/mol. The molecule has 2 aliphatic heterocycles. The molecule has 0 unspecified atom stereocenters. The maximum Gasteiger partial charge on any atom is 0.161 e. The van der Waals surface area contributed by atoms with Crippen molar-refractivity contribution in [2.45, 2.75) is 0 Å². The van der Waals surface area contributed by atoms with E-state index in [1.807, 2.05) is 0 Å². The Morgan fingerprint density at radius 2 is 2.67 bits per heavy atom. The van der Waals surface area contributed by atoms with Gasteiger partial charge in [-0.05, 0) is 11.9 Å². The molecule has 0 aromatic heterocycles. The van der Waals surface area contributed by atoms with Crippen LogP contribution in [0.2, 0.25) is 0 Å². The van der Waals surface area contributed by atoms with Gasteiger partial charge in [-0.25, -0.2) is 4.72 Å². The lowest BCUT2D eigenvalue weighted by Crippen LogP contribution is -2.22. The Morgan fingerprint density at radius 3 is 3.56 bits per heavy atom. The van der Waals surface area contributed by atoms with Crippen molar-refractivity contribution in [3.05, 3.63) is 0 Å². The molecule has 4 nitrogen and oxygen atoms in total. The number of nitrogens with one attached hydrogen (secondary N) is 1. The smallest absolute Gasteiger partial charge is 0.161 e. The molecule has 0 amide bonds. The van der Waals surface area contributed by atoms with Gasteiger partial charge in [-0.15, -0.1) is 5.10 Å². The first-order valence-corrected chi connectivity index (χ1v) is 3.34. The maximum atomic E-state index is 4.10. The summed E-state index contributed by atoms with van der Waals surface area (Å²) in [5, 5.41) is 8.39. The highest BCUT2D eigenvalue weighted by atomic mass is 32.2. The van der Waals surface area contributed by atoms with Gasteiger partial charge in [0.2, 0.25) is 0 Å². The molecule has 9 heavy (non-hydrogen) atoms. The van der Waals surface area contributed by atoms with E-state index in [0.29, 0.717) is 6.67 Å². The number of aliphatic imine (C=N–C) groups is 1. The molecule has 1 N–H and O–H groups in total. The number of rotatable bonds is 0. The highest BCUT2D eigenvalue weighted by molar-refractivity contribution is 8.14. The Morgan fingerprint density at radius 1 is 1.67 bits per heavy atom. The van der Waals surface area contributed by atoms with Gasteiger partial charge in [0.25, 0.3) is 0 Å². The van der Waals surface area contributed by atoms with E-state index in [4.69, 9.17) is 0 Å². The SMILES string of the molecule is C1=NN=C2SNCN=C12. The van der Waals surface area contributed by atoms with Crippen molar-refractivity contribution in [1.82, 2.24) is 4.72 Å². The van der Waals surface area contributed by atoms with Gasteiger partial charge in [-0.3, -0.25) is 4.99 Å². The molecule has 0 spiro atoms. The fourth-order valence-electron chi connectivity index (χ4n) is 0.642. The van der Waals surface area contributed by atoms with E-state index < -0.39 is 0 Å². The molecule has 0 fully saturated rings. The van der Waals surface area contributed by atoms with Gasteiger partial charge in [0.05, 0.1) is 12.9 Å². The van der Waals surface area contributed by atoms with Crippen molar-refractivity contribution in [2.75, 3.05) is 6.67 Å². The van der Waals surface area contributed by atoms with Gasteiger partial charge in [0.1, 0.15) is 5.71 Å². The van der Waals surface area contributed by atoms with Crippen LogP contribution in [0.1, 0.15) is 0 Å². The second-order valence-electron chi connectivity index (χ2n) is 1.60. The molecule has 2 rings (SSSR count). The zero-order valence-corrected chi connectivity index (χ0v) is 5.35. The summed E-state index contributed by atoms with van der Waals surface area (Å²) >= 11 is 1.48. The summed E-state index contributed by atoms with van der Waals surface area (Å²) in [5.74, 6) is 0. The van der Waals surface area contributed by atoms with Crippen molar-refractivity contribution < 1.29 is 0 Å². The maximum absolute atomic E-state index is 4.10. The molecular weight excluding hydrogens is 136 g/mol. The van der Waals surface area contributed by atoms with Crippen LogP contribution in [0.5, 0.6) is 0 Å². The Kier molecular flexibility index (Phi) is 1.10. The summed E-state index contributed by atoms with van der Waals surface area (Å²) < 4.78 is 2.97. The van der Waals surface area contributed by atoms with Gasteiger partial charge in [0, 0.05) is 0 Å². The molecule has 46 valence electrons. The zero-order chi connectivity index (χ0) is 6.10. The lowest BCUT2D eigenvalue weighted by atomic mass is 10.4. The highest BCUT2D eigenvalue weighted by Gasteiger charge is 2.15. The lowest BCUT2D eigenvalue weighted by Gasteiger charge is -2.05. The quantitative estimate of drug-likeness (QED) is 0.483. The van der Waals surface area contributed by atoms with Crippen molar-refractivity contribution in [3.8, 4) is 0 Å². The van der Waals surface area contributed by atoms with E-state index in [2.05, 4.69) is 19.9 Å². The number of nitrogens with zero attached hydrogens (tertiary/aromatic N) is 3. The summed E-state index contributed by atoms with van der Waals surface area (Å²) in [6, 6.07) is 0. The largest absolute Gasteiger partial charge is 0.264 e. The molecule has 0 saturated heterocycles. The van der Waals surface area contributed by atoms with Crippen LogP contribution in [0.3, 0.4) is 0 Å². The second kappa shape index (κ2) is 1.93. The number of hydrogen-bond donors (Lipinski definition) is 1. The third-order valence-corrected chi connectivity index (χ3v) is 1.79. The molecule has 0 aromatic carbocycles. The van der Waals surface area contributed by atoms with Gasteiger partial charge in [0.15, 0.2) is 5.04 Å². The second-order valence-corrected chi connectivity index (χ2v) is 2.48. The fraction of sp³-hybridized carbons (Fsp3) is 0.250. The van der Waals surface area contributed by atoms with E-state index in [1.54, 1.807) is 6.21 Å². The summed E-state index contributed by atoms with van der Waals surface area (Å²) in [5.41, 5.74) is 0.902. The Labute approximate surface area is 56.3 Å². The monoisotopic (exact) mass is 140 g/mol. The minimum atomic E-state index is 0.658. The molecule has 0 saturated carbocycles. The van der Waals surface area contributed by atoms with Crippen LogP contribution in [0, 0.1) is 0 Å². The van der Waals surface area contributed by atoms with Crippen LogP contribution in [-0.2, 0) is 0 Å². The average Bonchev–Trinajstić information content (AvgIpc) is 2.33. The van der Waals surface area contributed by atoms with Gasteiger partial charge >= 0.3 is 0 Å². The highest BCUT2D eigenvalue weighted by Crippen LogP contribution is 2.09. The third-order valence-electron chi connectivity index (χ3n) is 1.03. The van der Waals surface area contributed by atoms with E-state index in [0.717, 1.165) is 10.8 Å². The van der Waals surface area contributed by atoms with Crippen LogP contribution in [0.15, 0.2) is 15.2 Å². The number of fused-ring (bicyclic) bond motifs is 1. The molecule has 0 aliphatic carbocycles. The van der Waals surface area contributed by atoms with Crippen molar-refractivity contribution >= 4 is 28.9 Å². The Hall–Kier alpha value is -0.680. The third kappa shape index (κ3) is 0.778. The molecule has 0 radical (unpaired) electrons. The summed E-state index contributed by atoms with van der Waals surface area (Å²) in [6.45, 7) is 0.658. The standard InChI is InChI=1S/C4H4N4S/c1-3-4(8-6-1)9-7-2-5-3/h1,7H,2H2. The van der Waals surface area contributed by atoms with E-state index >= 15 is 0 Å². The van der Waals surface area contributed by atoms with Crippen LogP contribution in [0.25, 0.3) is 0 Å². The Balaban J connectivity index is 2.38. The summed E-state index contributed by atoms with van der Waals surface area (Å²) in [4.78, 5) is 4.10. The van der Waals surface area contributed by atoms with Gasteiger partial charge in [-0.1, -0.05) is 0 Å². The molecule has 2 heterocycles. The Bertz CT molecular complexity index is 217. The molecule has 0 aromatic rings. The fourth-order valence-corrected chi connectivity index (χ4v) is 1.22. The topological polar surface area (TPSA) is 49.1 Å². The first-order chi connectivity index (χ1) is 4.47. The van der Waals surface area contributed by atoms with Crippen LogP contribution < -0.4 is 4.72 Å². The minimum absolute atomic E-state index is 0.658. The normalized spacial score (nSPS) is 23.1. The lowest BCUT2D eigenvalue weighted by molar-refractivity contribution is 0.991. The molecule has 5 heteroatoms. The average molecular weight is 140 g/mol. The van der Waals surface area contributed by atoms with Crippen molar-refractivity contribution in [3.63, 3.8) is 0 Å².